The molecule has 1 aliphatic heterocycles. The summed E-state index contributed by atoms with van der Waals surface area (Å²) in [5.41, 5.74) is 0.880. The topological polar surface area (TPSA) is 55.8 Å². The molecule has 0 spiro atoms. The van der Waals surface area contributed by atoms with Gasteiger partial charge in [-0.1, -0.05) is 19.1 Å². The molecule has 0 radical (unpaired) electrons. The van der Waals surface area contributed by atoms with Gasteiger partial charge in [0.15, 0.2) is 0 Å². The van der Waals surface area contributed by atoms with Crippen LogP contribution in [-0.4, -0.2) is 50.0 Å². The van der Waals surface area contributed by atoms with Crippen LogP contribution in [0.25, 0.3) is 0 Å². The van der Waals surface area contributed by atoms with Crippen LogP contribution in [-0.2, 0) is 14.3 Å². The van der Waals surface area contributed by atoms with Crippen molar-refractivity contribution in [2.45, 2.75) is 32.1 Å². The molecule has 0 aliphatic carbocycles. The van der Waals surface area contributed by atoms with Gasteiger partial charge in [0.05, 0.1) is 26.2 Å². The SMILES string of the molecule is CCCC(=O)C(CC(=O)N1CCOCC1)c1ccc(OC)cc1. The zero-order valence-corrected chi connectivity index (χ0v) is 13.9. The fourth-order valence-corrected chi connectivity index (χ4v) is 2.79. The molecule has 23 heavy (non-hydrogen) atoms. The van der Waals surface area contributed by atoms with Gasteiger partial charge >= 0.3 is 0 Å². The first-order valence-electron chi connectivity index (χ1n) is 8.18. The average molecular weight is 319 g/mol. The van der Waals surface area contributed by atoms with E-state index < -0.39 is 0 Å². The molecule has 1 aliphatic rings. The van der Waals surface area contributed by atoms with Gasteiger partial charge in [-0.25, -0.2) is 0 Å². The third-order valence-electron chi connectivity index (χ3n) is 4.15. The Labute approximate surface area is 137 Å². The molecule has 1 aromatic rings. The quantitative estimate of drug-likeness (QED) is 0.774. The number of hydrogen-bond donors (Lipinski definition) is 0. The molecular formula is C18H25NO4. The van der Waals surface area contributed by atoms with Crippen LogP contribution in [0.2, 0.25) is 0 Å². The molecule has 1 saturated heterocycles. The maximum absolute atomic E-state index is 12.5. The van der Waals surface area contributed by atoms with Crippen molar-refractivity contribution >= 4 is 11.7 Å². The van der Waals surface area contributed by atoms with Crippen molar-refractivity contribution < 1.29 is 19.1 Å². The third kappa shape index (κ3) is 4.79. The highest BCUT2D eigenvalue weighted by atomic mass is 16.5. The first-order chi connectivity index (χ1) is 11.2. The monoisotopic (exact) mass is 319 g/mol. The zero-order chi connectivity index (χ0) is 16.7. The molecule has 0 saturated carbocycles. The standard InChI is InChI=1S/C18H25NO4/c1-3-4-17(20)16(14-5-7-15(22-2)8-6-14)13-18(21)19-9-11-23-12-10-19/h5-8,16H,3-4,9-13H2,1-2H3. The van der Waals surface area contributed by atoms with Gasteiger partial charge < -0.3 is 14.4 Å². The van der Waals surface area contributed by atoms with Crippen LogP contribution < -0.4 is 4.74 Å². The second-order valence-corrected chi connectivity index (χ2v) is 5.74. The minimum absolute atomic E-state index is 0.0265. The number of Topliss-reactive ketones (excluding diaryl/α,β-unsaturated/α-hetero) is 1. The van der Waals surface area contributed by atoms with Crippen LogP contribution in [0.1, 0.15) is 37.7 Å². The number of carbonyl (C=O) groups is 2. The van der Waals surface area contributed by atoms with Crippen molar-refractivity contribution in [2.75, 3.05) is 33.4 Å². The van der Waals surface area contributed by atoms with E-state index in [-0.39, 0.29) is 24.0 Å². The Kier molecular flexibility index (Phi) is 6.59. The summed E-state index contributed by atoms with van der Waals surface area (Å²) in [4.78, 5) is 26.8. The molecule has 1 fully saturated rings. The first kappa shape index (κ1) is 17.5. The summed E-state index contributed by atoms with van der Waals surface area (Å²) in [6, 6.07) is 7.43. The van der Waals surface area contributed by atoms with Crippen LogP contribution in [0.15, 0.2) is 24.3 Å². The Morgan fingerprint density at radius 3 is 2.43 bits per heavy atom. The van der Waals surface area contributed by atoms with E-state index in [4.69, 9.17) is 9.47 Å². The maximum Gasteiger partial charge on any atom is 0.223 e. The number of benzene rings is 1. The highest BCUT2D eigenvalue weighted by Crippen LogP contribution is 2.26. The lowest BCUT2D eigenvalue weighted by Gasteiger charge is -2.28. The van der Waals surface area contributed by atoms with E-state index in [9.17, 15) is 9.59 Å². The fourth-order valence-electron chi connectivity index (χ4n) is 2.79. The minimum Gasteiger partial charge on any atom is -0.497 e. The molecule has 2 rings (SSSR count). The molecule has 5 heteroatoms. The summed E-state index contributed by atoms with van der Waals surface area (Å²) in [5, 5.41) is 0. The number of rotatable bonds is 7. The molecular weight excluding hydrogens is 294 g/mol. The minimum atomic E-state index is -0.379. The fraction of sp³-hybridized carbons (Fsp3) is 0.556. The average Bonchev–Trinajstić information content (AvgIpc) is 2.60. The van der Waals surface area contributed by atoms with Crippen molar-refractivity contribution in [2.24, 2.45) is 0 Å². The second-order valence-electron chi connectivity index (χ2n) is 5.74. The van der Waals surface area contributed by atoms with Gasteiger partial charge in [-0.05, 0) is 24.1 Å². The van der Waals surface area contributed by atoms with Crippen LogP contribution in [0.5, 0.6) is 5.75 Å². The van der Waals surface area contributed by atoms with Gasteiger partial charge in [0.2, 0.25) is 5.91 Å². The second kappa shape index (κ2) is 8.67. The molecule has 126 valence electrons. The van der Waals surface area contributed by atoms with Gasteiger partial charge in [-0.3, -0.25) is 9.59 Å². The maximum atomic E-state index is 12.5. The molecule has 1 heterocycles. The normalized spacial score (nSPS) is 16.0. The number of nitrogens with zero attached hydrogens (tertiary/aromatic N) is 1. The Hall–Kier alpha value is -1.88. The Bertz CT molecular complexity index is 520. The number of carbonyl (C=O) groups excluding carboxylic acids is 2. The smallest absolute Gasteiger partial charge is 0.223 e. The van der Waals surface area contributed by atoms with Crippen LogP contribution >= 0.6 is 0 Å². The van der Waals surface area contributed by atoms with E-state index in [0.29, 0.717) is 32.7 Å². The van der Waals surface area contributed by atoms with E-state index in [2.05, 4.69) is 0 Å². The molecule has 1 aromatic carbocycles. The molecule has 5 nitrogen and oxygen atoms in total. The number of methoxy groups -OCH3 is 1. The van der Waals surface area contributed by atoms with Gasteiger partial charge in [0.25, 0.3) is 0 Å². The van der Waals surface area contributed by atoms with Crippen LogP contribution in [0, 0.1) is 0 Å². The number of ketones is 1. The molecule has 0 N–H and O–H groups in total. The first-order valence-corrected chi connectivity index (χ1v) is 8.18. The summed E-state index contributed by atoms with van der Waals surface area (Å²) in [6.07, 6.45) is 1.51. The summed E-state index contributed by atoms with van der Waals surface area (Å²) in [7, 11) is 1.61. The Balaban J connectivity index is 2.12. The number of hydrogen-bond acceptors (Lipinski definition) is 4. The number of amides is 1. The molecule has 1 unspecified atom stereocenters. The predicted octanol–water partition coefficient (Wildman–Crippen LogP) is 2.40. The van der Waals surface area contributed by atoms with Gasteiger partial charge in [-0.2, -0.15) is 0 Å². The Morgan fingerprint density at radius 1 is 1.22 bits per heavy atom. The summed E-state index contributed by atoms with van der Waals surface area (Å²) in [6.45, 7) is 4.34. The van der Waals surface area contributed by atoms with E-state index in [1.165, 1.54) is 0 Å². The Morgan fingerprint density at radius 2 is 1.87 bits per heavy atom. The van der Waals surface area contributed by atoms with E-state index in [1.54, 1.807) is 12.0 Å². The summed E-state index contributed by atoms with van der Waals surface area (Å²) < 4.78 is 10.4. The van der Waals surface area contributed by atoms with Crippen LogP contribution in [0.4, 0.5) is 0 Å². The van der Waals surface area contributed by atoms with Crippen molar-refractivity contribution in [3.8, 4) is 5.75 Å². The highest BCUT2D eigenvalue weighted by molar-refractivity contribution is 5.91. The summed E-state index contributed by atoms with van der Waals surface area (Å²) in [5.74, 6) is 0.518. The highest BCUT2D eigenvalue weighted by Gasteiger charge is 2.26. The lowest BCUT2D eigenvalue weighted by Crippen LogP contribution is -2.41. The number of ether oxygens (including phenoxy) is 2. The van der Waals surface area contributed by atoms with Crippen molar-refractivity contribution in [1.29, 1.82) is 0 Å². The zero-order valence-electron chi connectivity index (χ0n) is 13.9. The number of morpholine rings is 1. The van der Waals surface area contributed by atoms with Crippen LogP contribution in [0.3, 0.4) is 0 Å². The van der Waals surface area contributed by atoms with Gasteiger partial charge in [0, 0.05) is 25.9 Å². The lowest BCUT2D eigenvalue weighted by atomic mass is 9.89. The van der Waals surface area contributed by atoms with E-state index in [0.717, 1.165) is 17.7 Å². The largest absolute Gasteiger partial charge is 0.497 e. The molecule has 1 atom stereocenters. The van der Waals surface area contributed by atoms with Gasteiger partial charge in [0.1, 0.15) is 11.5 Å². The van der Waals surface area contributed by atoms with Crippen molar-refractivity contribution in [3.05, 3.63) is 29.8 Å². The molecule has 0 aromatic heterocycles. The lowest BCUT2D eigenvalue weighted by molar-refractivity contribution is -0.137. The van der Waals surface area contributed by atoms with Crippen molar-refractivity contribution in [3.63, 3.8) is 0 Å². The molecule has 0 bridgehead atoms. The summed E-state index contributed by atoms with van der Waals surface area (Å²) >= 11 is 0. The van der Waals surface area contributed by atoms with Crippen molar-refractivity contribution in [1.82, 2.24) is 4.90 Å². The predicted molar refractivity (Wildman–Crippen MR) is 87.7 cm³/mol. The van der Waals surface area contributed by atoms with E-state index >= 15 is 0 Å². The molecule has 1 amide bonds. The third-order valence-corrected chi connectivity index (χ3v) is 4.15. The van der Waals surface area contributed by atoms with Gasteiger partial charge in [-0.15, -0.1) is 0 Å². The van der Waals surface area contributed by atoms with E-state index in [1.807, 2.05) is 31.2 Å².